The van der Waals surface area contributed by atoms with Gasteiger partial charge in [-0.25, -0.2) is 23.5 Å². The van der Waals surface area contributed by atoms with Gasteiger partial charge in [0.2, 0.25) is 5.91 Å². The molecule has 21 nitrogen and oxygen atoms in total. The van der Waals surface area contributed by atoms with Crippen molar-refractivity contribution in [3.05, 3.63) is 51.3 Å². The average Bonchev–Trinajstić information content (AvgIpc) is 3.38. The van der Waals surface area contributed by atoms with E-state index in [4.69, 9.17) is 20.3 Å². The summed E-state index contributed by atoms with van der Waals surface area (Å²) in [5, 5.41) is 13.2. The van der Waals surface area contributed by atoms with Crippen LogP contribution in [-0.2, 0) is 42.8 Å². The molecule has 39 heavy (non-hydrogen) atoms. The number of ether oxygens (including phenoxy) is 1. The Morgan fingerprint density at radius 1 is 1.21 bits per heavy atom. The van der Waals surface area contributed by atoms with E-state index in [9.17, 15) is 43.0 Å². The van der Waals surface area contributed by atoms with Crippen LogP contribution in [0.4, 0.5) is 0 Å². The molecular formula is C15H23N6O15P3. The van der Waals surface area contributed by atoms with Gasteiger partial charge in [0.15, 0.2) is 6.23 Å². The van der Waals surface area contributed by atoms with Gasteiger partial charge in [0.05, 0.1) is 19.0 Å². The molecular weight excluding hydrogens is 597 g/mol. The number of carbonyl (C=O) groups is 1. The number of carbonyl (C=O) groups excluding carboxylic acids is 1. The van der Waals surface area contributed by atoms with Crippen molar-refractivity contribution in [2.45, 2.75) is 36.9 Å². The summed E-state index contributed by atoms with van der Waals surface area (Å²) in [6.45, 7) is -1.09. The Morgan fingerprint density at radius 2 is 1.90 bits per heavy atom. The first-order chi connectivity index (χ1) is 18.0. The maximum atomic E-state index is 12.7. The van der Waals surface area contributed by atoms with Crippen LogP contribution in [0.1, 0.15) is 11.9 Å². The smallest absolute Gasteiger partial charge is 0.388 e. The third-order valence-electron chi connectivity index (χ3n) is 4.95. The lowest BCUT2D eigenvalue weighted by molar-refractivity contribution is -0.124. The van der Waals surface area contributed by atoms with Gasteiger partial charge in [-0.2, -0.15) is 8.62 Å². The fourth-order valence-electron chi connectivity index (χ4n) is 3.37. The molecule has 2 aromatic rings. The van der Waals surface area contributed by atoms with Gasteiger partial charge < -0.3 is 45.5 Å². The fourth-order valence-corrected chi connectivity index (χ4v) is 6.40. The van der Waals surface area contributed by atoms with E-state index in [0.717, 1.165) is 16.8 Å². The number of phosphoric acid groups is 3. The van der Waals surface area contributed by atoms with Crippen LogP contribution in [-0.4, -0.2) is 81.0 Å². The second kappa shape index (κ2) is 12.0. The van der Waals surface area contributed by atoms with Crippen LogP contribution in [0.15, 0.2) is 34.4 Å². The number of phosphoric ester groups is 1. The number of nitrogens with zero attached hydrogens (tertiary/aromatic N) is 2. The summed E-state index contributed by atoms with van der Waals surface area (Å²) in [7, 11) is -17.0. The zero-order chi connectivity index (χ0) is 29.2. The molecule has 218 valence electrons. The Balaban J connectivity index is 1.77. The molecule has 3 heterocycles. The number of aliphatic hydroxyl groups excluding tert-OH is 1. The molecule has 1 fully saturated rings. The van der Waals surface area contributed by atoms with Crippen molar-refractivity contribution in [2.24, 2.45) is 5.73 Å². The first-order valence-corrected chi connectivity index (χ1v) is 14.9. The molecule has 3 unspecified atom stereocenters. The predicted molar refractivity (Wildman–Crippen MR) is 123 cm³/mol. The van der Waals surface area contributed by atoms with Gasteiger partial charge in [0.25, 0.3) is 5.56 Å². The molecule has 0 radical (unpaired) electrons. The Labute approximate surface area is 216 Å². The van der Waals surface area contributed by atoms with Crippen LogP contribution >= 0.6 is 23.5 Å². The molecule has 1 saturated heterocycles. The number of aromatic nitrogens is 4. The van der Waals surface area contributed by atoms with Crippen molar-refractivity contribution in [1.29, 1.82) is 0 Å². The van der Waals surface area contributed by atoms with Crippen molar-refractivity contribution in [3.8, 4) is 0 Å². The molecule has 1 aliphatic heterocycles. The number of nitrogens with two attached hydrogens (primary N) is 1. The normalized spacial score (nSPS) is 25.5. The quantitative estimate of drug-likeness (QED) is 0.106. The van der Waals surface area contributed by atoms with Crippen LogP contribution in [0.2, 0.25) is 0 Å². The van der Waals surface area contributed by atoms with E-state index in [-0.39, 0.29) is 6.42 Å². The standard InChI is InChI=1S/C15H23N6O15P3/c16-8(3-7-4-17-6-18-7)13(24)20-11-12(23)9(34-14(11)21-2-1-10(22)19-15(21)25)5-33-38(29,30)36-39(31,32)35-37(26,27)28/h1-2,4,6,8-9,11-12,14,23H,3,5,16H2,(H,17,18)(H,20,24)(H,29,30)(H,31,32)(H,19,22,25)(H2,26,27,28)/t8?,9-,11-,12-,14-/m1/s1. The van der Waals surface area contributed by atoms with E-state index in [2.05, 4.69) is 28.4 Å². The van der Waals surface area contributed by atoms with Gasteiger partial charge >= 0.3 is 29.2 Å². The van der Waals surface area contributed by atoms with Crippen molar-refractivity contribution in [3.63, 3.8) is 0 Å². The van der Waals surface area contributed by atoms with Crippen molar-refractivity contribution in [1.82, 2.24) is 24.8 Å². The van der Waals surface area contributed by atoms with Crippen LogP contribution in [0, 0.1) is 0 Å². The summed E-state index contributed by atoms with van der Waals surface area (Å²) in [5.41, 5.74) is 4.60. The van der Waals surface area contributed by atoms with Gasteiger partial charge in [0, 0.05) is 30.6 Å². The minimum Gasteiger partial charge on any atom is -0.388 e. The van der Waals surface area contributed by atoms with Gasteiger partial charge in [0.1, 0.15) is 18.2 Å². The van der Waals surface area contributed by atoms with E-state index >= 15 is 0 Å². The molecule has 0 saturated carbocycles. The van der Waals surface area contributed by atoms with E-state index in [1.54, 1.807) is 0 Å². The Kier molecular flexibility index (Phi) is 9.62. The topological polar surface area (TPSA) is 328 Å². The number of hydrogen-bond acceptors (Lipinski definition) is 13. The molecule has 2 aromatic heterocycles. The molecule has 0 aromatic carbocycles. The minimum atomic E-state index is -5.81. The zero-order valence-corrected chi connectivity index (χ0v) is 21.9. The van der Waals surface area contributed by atoms with Crippen molar-refractivity contribution >= 4 is 29.4 Å². The van der Waals surface area contributed by atoms with Gasteiger partial charge in [-0.05, 0) is 0 Å². The highest BCUT2D eigenvalue weighted by Gasteiger charge is 2.48. The van der Waals surface area contributed by atoms with Gasteiger partial charge in [-0.3, -0.25) is 23.7 Å². The Bertz CT molecular complexity index is 1420. The lowest BCUT2D eigenvalue weighted by atomic mass is 10.1. The monoisotopic (exact) mass is 620 g/mol. The second-order valence-corrected chi connectivity index (χ2v) is 12.3. The summed E-state index contributed by atoms with van der Waals surface area (Å²) >= 11 is 0. The number of amides is 1. The number of nitrogens with one attached hydrogen (secondary N) is 3. The number of H-pyrrole nitrogens is 2. The molecule has 24 heteroatoms. The summed E-state index contributed by atoms with van der Waals surface area (Å²) in [6, 6.07) is -1.72. The number of rotatable bonds is 12. The van der Waals surface area contributed by atoms with Crippen molar-refractivity contribution < 1.29 is 61.1 Å². The van der Waals surface area contributed by atoms with E-state index in [1.165, 1.54) is 12.5 Å². The lowest BCUT2D eigenvalue weighted by Crippen LogP contribution is -2.53. The molecule has 0 aliphatic carbocycles. The molecule has 10 N–H and O–H groups in total. The molecule has 3 rings (SSSR count). The van der Waals surface area contributed by atoms with Gasteiger partial charge in [-0.15, -0.1) is 0 Å². The Hall–Kier alpha value is -2.35. The van der Waals surface area contributed by atoms with Crippen LogP contribution in [0.3, 0.4) is 0 Å². The molecule has 0 bridgehead atoms. The maximum absolute atomic E-state index is 12.7. The maximum Gasteiger partial charge on any atom is 0.490 e. The largest absolute Gasteiger partial charge is 0.490 e. The molecule has 0 spiro atoms. The minimum absolute atomic E-state index is 0.00571. The first kappa shape index (κ1) is 31.2. The highest BCUT2D eigenvalue weighted by Crippen LogP contribution is 2.66. The number of aliphatic hydroxyl groups is 1. The van der Waals surface area contributed by atoms with Crippen molar-refractivity contribution in [2.75, 3.05) is 6.61 Å². The fraction of sp³-hybridized carbons (Fsp3) is 0.467. The number of imidazole rings is 1. The first-order valence-electron chi connectivity index (χ1n) is 10.4. The second-order valence-electron chi connectivity index (χ2n) is 7.88. The van der Waals surface area contributed by atoms with E-state index in [0.29, 0.717) is 5.69 Å². The molecule has 7 atom stereocenters. The average molecular weight is 620 g/mol. The third-order valence-corrected chi connectivity index (χ3v) is 8.76. The Morgan fingerprint density at radius 3 is 2.49 bits per heavy atom. The number of aromatic amines is 2. The summed E-state index contributed by atoms with van der Waals surface area (Å²) in [6.07, 6.45) is -1.21. The summed E-state index contributed by atoms with van der Waals surface area (Å²) in [4.78, 5) is 81.1. The van der Waals surface area contributed by atoms with Crippen LogP contribution in [0.25, 0.3) is 0 Å². The van der Waals surface area contributed by atoms with E-state index in [1.807, 2.05) is 4.98 Å². The highest BCUT2D eigenvalue weighted by molar-refractivity contribution is 7.66. The van der Waals surface area contributed by atoms with Crippen LogP contribution in [0.5, 0.6) is 0 Å². The zero-order valence-electron chi connectivity index (χ0n) is 19.2. The van der Waals surface area contributed by atoms with Gasteiger partial charge in [-0.1, -0.05) is 0 Å². The molecule has 1 amide bonds. The summed E-state index contributed by atoms with van der Waals surface area (Å²) in [5.74, 6) is -0.826. The lowest BCUT2D eigenvalue weighted by Gasteiger charge is -2.24. The van der Waals surface area contributed by atoms with Crippen LogP contribution < -0.4 is 22.3 Å². The predicted octanol–water partition coefficient (Wildman–Crippen LogP) is -3.08. The highest BCUT2D eigenvalue weighted by atomic mass is 31.3. The van der Waals surface area contributed by atoms with E-state index < -0.39 is 77.8 Å². The number of hydrogen-bond donors (Lipinski definition) is 9. The molecule has 1 aliphatic rings. The summed E-state index contributed by atoms with van der Waals surface area (Å²) < 4.78 is 52.3. The third kappa shape index (κ3) is 8.82. The SMILES string of the molecule is NC(Cc1cnc[nH]1)C(=O)N[C@@H]1[C@H](O)[C@@H](COP(=O)(O)OP(=O)(O)OP(=O)(O)O)O[C@H]1n1ccc(=O)[nH]c1=O.